The van der Waals surface area contributed by atoms with E-state index in [-0.39, 0.29) is 12.3 Å². The zero-order chi connectivity index (χ0) is 22.8. The number of pyridine rings is 1. The van der Waals surface area contributed by atoms with Gasteiger partial charge in [0.1, 0.15) is 5.65 Å². The van der Waals surface area contributed by atoms with Crippen LogP contribution in [0.15, 0.2) is 72.9 Å². The molecule has 0 bridgehead atoms. The normalized spacial score (nSPS) is 14.5. The number of aromatic nitrogens is 2. The summed E-state index contributed by atoms with van der Waals surface area (Å²) in [7, 11) is 2.15. The molecule has 2 aromatic carbocycles. The molecule has 0 atom stereocenters. The summed E-state index contributed by atoms with van der Waals surface area (Å²) in [6, 6.07) is 21.5. The molecular formula is C26H26ClN5O. The summed E-state index contributed by atoms with van der Waals surface area (Å²) in [5.41, 5.74) is 5.36. The minimum atomic E-state index is -0.0804. The number of carbonyl (C=O) groups is 1. The highest BCUT2D eigenvalue weighted by molar-refractivity contribution is 6.30. The minimum absolute atomic E-state index is 0.0804. The van der Waals surface area contributed by atoms with Crippen LogP contribution in [-0.2, 0) is 11.2 Å². The number of imidazole rings is 1. The molecule has 0 saturated carbocycles. The Bertz CT molecular complexity index is 1260. The molecule has 33 heavy (non-hydrogen) atoms. The third kappa shape index (κ3) is 4.72. The van der Waals surface area contributed by atoms with E-state index >= 15 is 0 Å². The summed E-state index contributed by atoms with van der Waals surface area (Å²) < 4.78 is 1.97. The fourth-order valence-electron chi connectivity index (χ4n) is 4.23. The van der Waals surface area contributed by atoms with Crippen molar-refractivity contribution in [3.8, 4) is 11.3 Å². The van der Waals surface area contributed by atoms with Crippen LogP contribution in [0.5, 0.6) is 0 Å². The number of fused-ring (bicyclic) bond motifs is 1. The number of hydrogen-bond donors (Lipinski definition) is 1. The van der Waals surface area contributed by atoms with Gasteiger partial charge in [0.05, 0.1) is 17.8 Å². The third-order valence-electron chi connectivity index (χ3n) is 6.09. The summed E-state index contributed by atoms with van der Waals surface area (Å²) in [5, 5.41) is 3.71. The first-order valence-corrected chi connectivity index (χ1v) is 11.5. The monoisotopic (exact) mass is 459 g/mol. The van der Waals surface area contributed by atoms with E-state index in [4.69, 9.17) is 16.6 Å². The molecular weight excluding hydrogens is 434 g/mol. The molecule has 0 aliphatic carbocycles. The van der Waals surface area contributed by atoms with Gasteiger partial charge in [0.25, 0.3) is 0 Å². The zero-order valence-corrected chi connectivity index (χ0v) is 19.3. The van der Waals surface area contributed by atoms with Gasteiger partial charge in [-0.05, 0) is 55.6 Å². The van der Waals surface area contributed by atoms with Crippen LogP contribution in [0, 0.1) is 0 Å². The van der Waals surface area contributed by atoms with E-state index in [1.54, 1.807) is 0 Å². The van der Waals surface area contributed by atoms with Crippen molar-refractivity contribution in [1.82, 2.24) is 14.3 Å². The van der Waals surface area contributed by atoms with Crippen LogP contribution in [0.3, 0.4) is 0 Å². The molecule has 7 heteroatoms. The van der Waals surface area contributed by atoms with Gasteiger partial charge in [-0.1, -0.05) is 29.8 Å². The van der Waals surface area contributed by atoms with Crippen LogP contribution >= 0.6 is 11.6 Å². The van der Waals surface area contributed by atoms with E-state index in [9.17, 15) is 4.79 Å². The lowest BCUT2D eigenvalue weighted by Crippen LogP contribution is -2.44. The van der Waals surface area contributed by atoms with Crippen LogP contribution in [0.2, 0.25) is 5.02 Å². The lowest BCUT2D eigenvalue weighted by atomic mass is 10.1. The number of hydrogen-bond acceptors (Lipinski definition) is 4. The number of likely N-dealkylation sites (N-methyl/N-ethyl adjacent to an activating group) is 1. The molecule has 6 nitrogen and oxygen atoms in total. The fourth-order valence-corrected chi connectivity index (χ4v) is 4.36. The SMILES string of the molecule is CN1CCN(c2ccc(NC(=O)Cc3c(-c4ccc(Cl)cc4)nc4ccccn34)cc2)CC1. The smallest absolute Gasteiger partial charge is 0.230 e. The van der Waals surface area contributed by atoms with Crippen LogP contribution in [-0.4, -0.2) is 53.4 Å². The van der Waals surface area contributed by atoms with Crippen LogP contribution < -0.4 is 10.2 Å². The molecule has 1 saturated heterocycles. The van der Waals surface area contributed by atoms with Gasteiger partial charge in [0.2, 0.25) is 5.91 Å². The quantitative estimate of drug-likeness (QED) is 0.474. The van der Waals surface area contributed by atoms with E-state index < -0.39 is 0 Å². The summed E-state index contributed by atoms with van der Waals surface area (Å²) >= 11 is 6.06. The number of halogens is 1. The Hall–Kier alpha value is -3.35. The molecule has 0 radical (unpaired) electrons. The van der Waals surface area contributed by atoms with E-state index in [1.807, 2.05) is 65.2 Å². The van der Waals surface area contributed by atoms with E-state index in [0.717, 1.165) is 54.5 Å². The summed E-state index contributed by atoms with van der Waals surface area (Å²) in [5.74, 6) is -0.0804. The van der Waals surface area contributed by atoms with Crippen molar-refractivity contribution in [2.24, 2.45) is 0 Å². The first-order chi connectivity index (χ1) is 16.1. The Morgan fingerprint density at radius 3 is 2.42 bits per heavy atom. The Balaban J connectivity index is 1.34. The molecule has 1 aliphatic rings. The average Bonchev–Trinajstić information content (AvgIpc) is 3.19. The number of nitrogens with zero attached hydrogens (tertiary/aromatic N) is 4. The standard InChI is InChI=1S/C26H26ClN5O/c1-30-14-16-31(17-15-30)22-11-9-21(10-12-22)28-25(33)18-23-26(19-5-7-20(27)8-6-19)29-24-4-2-3-13-32(23)24/h2-13H,14-18H2,1H3,(H,28,33). The van der Waals surface area contributed by atoms with Gasteiger partial charge in [-0.3, -0.25) is 4.79 Å². The van der Waals surface area contributed by atoms with Crippen LogP contribution in [0.4, 0.5) is 11.4 Å². The van der Waals surface area contributed by atoms with Crippen molar-refractivity contribution in [2.75, 3.05) is 43.4 Å². The summed E-state index contributed by atoms with van der Waals surface area (Å²) in [4.78, 5) is 22.5. The molecule has 1 N–H and O–H groups in total. The van der Waals surface area contributed by atoms with Gasteiger partial charge in [-0.15, -0.1) is 0 Å². The number of benzene rings is 2. The second kappa shape index (κ2) is 9.25. The van der Waals surface area contributed by atoms with E-state index in [0.29, 0.717) is 5.02 Å². The molecule has 1 aliphatic heterocycles. The molecule has 1 amide bonds. The number of amides is 1. The number of nitrogens with one attached hydrogen (secondary N) is 1. The van der Waals surface area contributed by atoms with Gasteiger partial charge in [0, 0.05) is 54.3 Å². The average molecular weight is 460 g/mol. The van der Waals surface area contributed by atoms with Gasteiger partial charge < -0.3 is 19.5 Å². The van der Waals surface area contributed by atoms with Crippen molar-refractivity contribution in [1.29, 1.82) is 0 Å². The van der Waals surface area contributed by atoms with Crippen molar-refractivity contribution < 1.29 is 4.79 Å². The van der Waals surface area contributed by atoms with Crippen LogP contribution in [0.25, 0.3) is 16.9 Å². The topological polar surface area (TPSA) is 52.9 Å². The molecule has 4 aromatic rings. The molecule has 2 aromatic heterocycles. The van der Waals surface area contributed by atoms with Crippen molar-refractivity contribution in [2.45, 2.75) is 6.42 Å². The third-order valence-corrected chi connectivity index (χ3v) is 6.35. The summed E-state index contributed by atoms with van der Waals surface area (Å²) in [6.07, 6.45) is 2.15. The highest BCUT2D eigenvalue weighted by Crippen LogP contribution is 2.27. The minimum Gasteiger partial charge on any atom is -0.369 e. The highest BCUT2D eigenvalue weighted by Gasteiger charge is 2.18. The molecule has 1 fully saturated rings. The predicted octanol–water partition coefficient (Wildman–Crippen LogP) is 4.59. The van der Waals surface area contributed by atoms with Gasteiger partial charge in [0.15, 0.2) is 0 Å². The number of rotatable bonds is 5. The summed E-state index contributed by atoms with van der Waals surface area (Å²) in [6.45, 7) is 4.16. The van der Waals surface area contributed by atoms with Crippen molar-refractivity contribution in [3.05, 3.63) is 83.6 Å². The maximum absolute atomic E-state index is 13.0. The maximum atomic E-state index is 13.0. The lowest BCUT2D eigenvalue weighted by Gasteiger charge is -2.34. The number of carbonyl (C=O) groups excluding carboxylic acids is 1. The van der Waals surface area contributed by atoms with Gasteiger partial charge in [-0.25, -0.2) is 4.98 Å². The first kappa shape index (κ1) is 21.5. The lowest BCUT2D eigenvalue weighted by molar-refractivity contribution is -0.115. The van der Waals surface area contributed by atoms with Crippen LogP contribution in [0.1, 0.15) is 5.69 Å². The zero-order valence-electron chi connectivity index (χ0n) is 18.5. The molecule has 3 heterocycles. The second-order valence-electron chi connectivity index (χ2n) is 8.40. The Kier molecular flexibility index (Phi) is 6.03. The van der Waals surface area contributed by atoms with Crippen molar-refractivity contribution in [3.63, 3.8) is 0 Å². The largest absolute Gasteiger partial charge is 0.369 e. The van der Waals surface area contributed by atoms with Gasteiger partial charge in [-0.2, -0.15) is 0 Å². The maximum Gasteiger partial charge on any atom is 0.230 e. The van der Waals surface area contributed by atoms with E-state index in [2.05, 4.69) is 34.3 Å². The predicted molar refractivity (Wildman–Crippen MR) is 134 cm³/mol. The highest BCUT2D eigenvalue weighted by atomic mass is 35.5. The van der Waals surface area contributed by atoms with Crippen molar-refractivity contribution >= 4 is 34.5 Å². The van der Waals surface area contributed by atoms with Gasteiger partial charge >= 0.3 is 0 Å². The molecule has 168 valence electrons. The fraction of sp³-hybridized carbons (Fsp3) is 0.231. The molecule has 0 unspecified atom stereocenters. The Morgan fingerprint density at radius 1 is 0.970 bits per heavy atom. The first-order valence-electron chi connectivity index (χ1n) is 11.1. The second-order valence-corrected chi connectivity index (χ2v) is 8.84. The molecule has 5 rings (SSSR count). The number of piperazine rings is 1. The van der Waals surface area contributed by atoms with E-state index in [1.165, 1.54) is 5.69 Å². The Morgan fingerprint density at radius 2 is 1.70 bits per heavy atom. The Labute approximate surface area is 198 Å². The number of anilines is 2. The molecule has 0 spiro atoms.